The summed E-state index contributed by atoms with van der Waals surface area (Å²) in [6.45, 7) is 0. The molecule has 0 unspecified atom stereocenters. The molecule has 2 amide bonds. The summed E-state index contributed by atoms with van der Waals surface area (Å²) in [6, 6.07) is 14.5. The monoisotopic (exact) mass is 534 g/mol. The molecule has 4 rings (SSSR count). The SMILES string of the molecule is NP(N)(=O)NC(=O)/C=C/c1nc2ccccc2o1.NP(N)(=O)NC(=O)CCc1nc2ccccc2o1. The highest BCUT2D eigenvalue weighted by Crippen LogP contribution is 2.20. The van der Waals surface area contributed by atoms with Gasteiger partial charge in [0.1, 0.15) is 11.0 Å². The third-order valence-corrected chi connectivity index (χ3v) is 5.34. The summed E-state index contributed by atoms with van der Waals surface area (Å²) in [7, 11) is -7.10. The first-order valence-corrected chi connectivity index (χ1v) is 13.9. The standard InChI is InChI=1S/C10H13N4O3P.C10H11N4O3P/c2*11-18(12,16)14-9(15)5-6-10-13-7-3-1-2-4-8(7)17-10/h1-4H,5-6H2,(H5,11,12,14,15,16);1-6H,(H5,11,12,14,15,16)/b;6-5+. The molecule has 0 radical (unpaired) electrons. The lowest BCUT2D eigenvalue weighted by molar-refractivity contribution is -0.119. The van der Waals surface area contributed by atoms with Gasteiger partial charge in [-0.3, -0.25) is 50.9 Å². The second-order valence-corrected chi connectivity index (χ2v) is 10.6. The molecule has 2 heterocycles. The molecule has 2 aromatic heterocycles. The van der Waals surface area contributed by atoms with Crippen LogP contribution in [0.25, 0.3) is 28.3 Å². The molecule has 0 aliphatic heterocycles. The van der Waals surface area contributed by atoms with E-state index < -0.39 is 27.0 Å². The second kappa shape index (κ2) is 11.4. The Morgan fingerprint density at radius 3 is 1.94 bits per heavy atom. The van der Waals surface area contributed by atoms with E-state index in [1.54, 1.807) is 18.2 Å². The molecular weight excluding hydrogens is 510 g/mol. The number of hydrogen-bond acceptors (Lipinski definition) is 8. The van der Waals surface area contributed by atoms with Crippen LogP contribution in [0, 0.1) is 0 Å². The number of para-hydroxylation sites is 4. The van der Waals surface area contributed by atoms with Crippen LogP contribution in [0.4, 0.5) is 0 Å². The number of rotatable bonds is 7. The van der Waals surface area contributed by atoms with Crippen LogP contribution in [0.2, 0.25) is 0 Å². The number of oxazole rings is 2. The zero-order valence-corrected chi connectivity index (χ0v) is 20.5. The van der Waals surface area contributed by atoms with Gasteiger partial charge in [-0.1, -0.05) is 24.3 Å². The van der Waals surface area contributed by atoms with Crippen LogP contribution in [0.3, 0.4) is 0 Å². The summed E-state index contributed by atoms with van der Waals surface area (Å²) in [4.78, 5) is 30.9. The molecule has 36 heavy (non-hydrogen) atoms. The van der Waals surface area contributed by atoms with E-state index in [1.165, 1.54) is 6.08 Å². The summed E-state index contributed by atoms with van der Waals surface area (Å²) in [6.07, 6.45) is 2.79. The van der Waals surface area contributed by atoms with Crippen molar-refractivity contribution in [2.45, 2.75) is 12.8 Å². The third kappa shape index (κ3) is 8.86. The number of benzene rings is 2. The van der Waals surface area contributed by atoms with Crippen molar-refractivity contribution < 1.29 is 27.6 Å². The quantitative estimate of drug-likeness (QED) is 0.147. The van der Waals surface area contributed by atoms with Crippen molar-refractivity contribution in [2.75, 3.05) is 0 Å². The highest BCUT2D eigenvalue weighted by atomic mass is 31.2. The normalized spacial score (nSPS) is 11.9. The zero-order chi connectivity index (χ0) is 26.3. The molecule has 14 nitrogen and oxygen atoms in total. The van der Waals surface area contributed by atoms with Crippen molar-refractivity contribution in [3.05, 3.63) is 66.4 Å². The average Bonchev–Trinajstić information content (AvgIpc) is 3.38. The third-order valence-electron chi connectivity index (χ3n) is 4.18. The van der Waals surface area contributed by atoms with Crippen LogP contribution in [0.15, 0.2) is 63.4 Å². The molecule has 0 saturated carbocycles. The van der Waals surface area contributed by atoms with E-state index in [0.29, 0.717) is 29.0 Å². The number of nitrogens with one attached hydrogen (secondary N) is 2. The molecule has 0 saturated heterocycles. The molecule has 0 aliphatic rings. The van der Waals surface area contributed by atoms with Crippen LogP contribution >= 0.6 is 15.2 Å². The highest BCUT2D eigenvalue weighted by molar-refractivity contribution is 7.57. The first-order chi connectivity index (χ1) is 16.9. The second-order valence-electron chi connectivity index (χ2n) is 7.36. The van der Waals surface area contributed by atoms with Crippen molar-refractivity contribution in [1.82, 2.24) is 20.1 Å². The van der Waals surface area contributed by atoms with E-state index >= 15 is 0 Å². The van der Waals surface area contributed by atoms with Crippen LogP contribution in [-0.2, 0) is 25.1 Å². The van der Waals surface area contributed by atoms with Gasteiger partial charge in [0.15, 0.2) is 17.1 Å². The summed E-state index contributed by atoms with van der Waals surface area (Å²) < 4.78 is 32.7. The van der Waals surface area contributed by atoms with Gasteiger partial charge in [-0.15, -0.1) is 0 Å². The first-order valence-electron chi connectivity index (χ1n) is 10.2. The van der Waals surface area contributed by atoms with Crippen molar-refractivity contribution in [2.24, 2.45) is 22.0 Å². The van der Waals surface area contributed by atoms with Gasteiger partial charge < -0.3 is 8.83 Å². The molecule has 4 aromatic rings. The van der Waals surface area contributed by atoms with Crippen molar-refractivity contribution in [3.63, 3.8) is 0 Å². The molecule has 16 heteroatoms. The Bertz CT molecular complexity index is 1440. The largest absolute Gasteiger partial charge is 0.441 e. The van der Waals surface area contributed by atoms with Crippen LogP contribution < -0.4 is 32.2 Å². The van der Waals surface area contributed by atoms with Gasteiger partial charge in [-0.25, -0.2) is 9.97 Å². The van der Waals surface area contributed by atoms with Crippen LogP contribution in [-0.4, -0.2) is 21.8 Å². The van der Waals surface area contributed by atoms with E-state index in [4.69, 9.17) is 30.9 Å². The van der Waals surface area contributed by atoms with E-state index in [-0.39, 0.29) is 12.3 Å². The molecule has 0 aliphatic carbocycles. The molecule has 0 atom stereocenters. The fraction of sp³-hybridized carbons (Fsp3) is 0.100. The number of carbonyl (C=O) groups excluding carboxylic acids is 2. The number of nitrogens with zero attached hydrogens (tertiary/aromatic N) is 2. The minimum Gasteiger partial charge on any atom is -0.441 e. The topological polar surface area (TPSA) is 248 Å². The number of fused-ring (bicyclic) bond motifs is 2. The van der Waals surface area contributed by atoms with E-state index in [0.717, 1.165) is 11.6 Å². The molecule has 0 spiro atoms. The number of aromatic nitrogens is 2. The molecule has 10 N–H and O–H groups in total. The Labute approximate surface area is 204 Å². The van der Waals surface area contributed by atoms with E-state index in [2.05, 4.69) is 9.97 Å². The maximum absolute atomic E-state index is 11.3. The fourth-order valence-electron chi connectivity index (χ4n) is 2.82. The maximum atomic E-state index is 11.3. The summed E-state index contributed by atoms with van der Waals surface area (Å²) in [5, 5.41) is 3.96. The summed E-state index contributed by atoms with van der Waals surface area (Å²) >= 11 is 0. The minimum atomic E-state index is -3.57. The highest BCUT2D eigenvalue weighted by Gasteiger charge is 2.14. The zero-order valence-electron chi connectivity index (χ0n) is 18.7. The van der Waals surface area contributed by atoms with E-state index in [1.807, 2.05) is 40.5 Å². The van der Waals surface area contributed by atoms with Crippen molar-refractivity contribution in [1.29, 1.82) is 0 Å². The molecular formula is C20H24N8O6P2. The fourth-order valence-corrected chi connectivity index (χ4v) is 3.74. The molecule has 2 aromatic carbocycles. The first kappa shape index (κ1) is 27.0. The predicted octanol–water partition coefficient (Wildman–Crippen LogP) is 1.88. The number of carbonyl (C=O) groups is 2. The Morgan fingerprint density at radius 1 is 0.833 bits per heavy atom. The molecule has 190 valence electrons. The number of aryl methyl sites for hydroxylation is 1. The van der Waals surface area contributed by atoms with Crippen molar-refractivity contribution >= 4 is 55.3 Å². The Balaban J connectivity index is 0.000000201. The van der Waals surface area contributed by atoms with Gasteiger partial charge in [-0.05, 0) is 24.3 Å². The lowest BCUT2D eigenvalue weighted by Crippen LogP contribution is -2.28. The Hall–Kier alpha value is -3.64. The van der Waals surface area contributed by atoms with Gasteiger partial charge >= 0.3 is 7.59 Å². The Morgan fingerprint density at radius 2 is 1.39 bits per heavy atom. The van der Waals surface area contributed by atoms with Crippen LogP contribution in [0.5, 0.6) is 0 Å². The van der Waals surface area contributed by atoms with Gasteiger partial charge in [0.25, 0.3) is 13.5 Å². The van der Waals surface area contributed by atoms with Gasteiger partial charge in [-0.2, -0.15) is 0 Å². The van der Waals surface area contributed by atoms with Crippen LogP contribution in [0.1, 0.15) is 18.2 Å². The lowest BCUT2D eigenvalue weighted by atomic mass is 10.3. The smallest absolute Gasteiger partial charge is 0.300 e. The van der Waals surface area contributed by atoms with Gasteiger partial charge in [0.05, 0.1) is 0 Å². The predicted molar refractivity (Wildman–Crippen MR) is 134 cm³/mol. The minimum absolute atomic E-state index is 0.0607. The number of nitrogens with two attached hydrogens (primary N) is 4. The molecule has 0 fully saturated rings. The van der Waals surface area contributed by atoms with E-state index in [9.17, 15) is 18.7 Å². The summed E-state index contributed by atoms with van der Waals surface area (Å²) in [5.74, 6) is -0.471. The lowest BCUT2D eigenvalue weighted by Gasteiger charge is -2.07. The van der Waals surface area contributed by atoms with Gasteiger partial charge in [0, 0.05) is 25.0 Å². The Kier molecular flexibility index (Phi) is 8.53. The number of amides is 2. The maximum Gasteiger partial charge on any atom is 0.300 e. The van der Waals surface area contributed by atoms with Crippen molar-refractivity contribution in [3.8, 4) is 0 Å². The number of hydrogen-bond donors (Lipinski definition) is 6. The van der Waals surface area contributed by atoms with Gasteiger partial charge in [0.2, 0.25) is 11.8 Å². The summed E-state index contributed by atoms with van der Waals surface area (Å²) in [5.41, 5.74) is 22.7. The molecule has 0 bridgehead atoms. The average molecular weight is 534 g/mol.